The Hall–Kier alpha value is -4.53. The van der Waals surface area contributed by atoms with Gasteiger partial charge in [-0.15, -0.1) is 15.6 Å². The van der Waals surface area contributed by atoms with E-state index in [1.165, 1.54) is 31.8 Å². The van der Waals surface area contributed by atoms with Gasteiger partial charge in [0.15, 0.2) is 34.6 Å². The van der Waals surface area contributed by atoms with Crippen molar-refractivity contribution in [3.8, 4) is 16.9 Å². The molecule has 1 amide bonds. The normalized spacial score (nSPS) is 19.3. The first kappa shape index (κ1) is 40.7. The van der Waals surface area contributed by atoms with E-state index in [0.29, 0.717) is 30.3 Å². The molecule has 2 aromatic heterocycles. The van der Waals surface area contributed by atoms with Gasteiger partial charge < -0.3 is 31.9 Å². The van der Waals surface area contributed by atoms with Crippen molar-refractivity contribution in [1.82, 2.24) is 10.0 Å². The molecule has 3 aromatic rings. The maximum atomic E-state index is 13.7. The Labute approximate surface area is 317 Å². The average Bonchev–Trinajstić information content (AvgIpc) is 3.56. The maximum Gasteiger partial charge on any atom is 0.418 e. The van der Waals surface area contributed by atoms with E-state index in [4.69, 9.17) is 31.3 Å². The summed E-state index contributed by atoms with van der Waals surface area (Å²) in [5, 5.41) is 16.4. The number of hydroxylamine groups is 2. The van der Waals surface area contributed by atoms with E-state index in [9.17, 15) is 27.9 Å². The highest BCUT2D eigenvalue weighted by Crippen LogP contribution is 2.41. The number of aromatic nitrogens is 2. The Bertz CT molecular complexity index is 2040. The Morgan fingerprint density at radius 3 is 2.52 bits per heavy atom. The summed E-state index contributed by atoms with van der Waals surface area (Å²) in [4.78, 5) is 49.0. The van der Waals surface area contributed by atoms with Crippen LogP contribution in [0.15, 0.2) is 47.1 Å². The highest BCUT2D eigenvalue weighted by atomic mass is 32.3. The number of carboxylic acids is 1. The lowest BCUT2D eigenvalue weighted by molar-refractivity contribution is -0.703. The lowest BCUT2D eigenvalue weighted by Gasteiger charge is -2.50. The van der Waals surface area contributed by atoms with Crippen LogP contribution in [0.3, 0.4) is 0 Å². The zero-order valence-corrected chi connectivity index (χ0v) is 31.9. The molecule has 5 rings (SSSR count). The second-order valence-corrected chi connectivity index (χ2v) is 15.8. The molecule has 8 N–H and O–H groups in total. The minimum absolute atomic E-state index is 0.0127. The number of Topliss-reactive ketones (excluding diaryl/α,β-unsaturated/α-hetero) is 1. The van der Waals surface area contributed by atoms with Crippen LogP contribution in [0.5, 0.6) is 5.75 Å². The molecule has 2 aliphatic heterocycles. The van der Waals surface area contributed by atoms with Crippen LogP contribution < -0.4 is 26.5 Å². The van der Waals surface area contributed by atoms with E-state index in [-0.39, 0.29) is 17.2 Å². The summed E-state index contributed by atoms with van der Waals surface area (Å²) in [6.45, 7) is 6.19. The van der Waals surface area contributed by atoms with E-state index >= 15 is 0 Å². The first-order valence-electron chi connectivity index (χ1n) is 17.5. The molecule has 19 heteroatoms. The number of nitrogen functional groups attached to an aromatic ring is 1. The Morgan fingerprint density at radius 1 is 1.17 bits per heavy atom. The molecule has 4 heterocycles. The summed E-state index contributed by atoms with van der Waals surface area (Å²) in [7, 11) is -5.00. The number of aryl methyl sites for hydroxylation is 3. The largest absolute Gasteiger partial charge is 0.485 e. The number of carbonyl (C=O) groups is 3. The summed E-state index contributed by atoms with van der Waals surface area (Å²) in [6, 6.07) is 9.93. The van der Waals surface area contributed by atoms with Gasteiger partial charge in [0.25, 0.3) is 11.5 Å². The topological polar surface area (TPSA) is 264 Å². The number of amides is 1. The minimum Gasteiger partial charge on any atom is -0.485 e. The van der Waals surface area contributed by atoms with Gasteiger partial charge in [-0.2, -0.15) is 13.5 Å². The Balaban J connectivity index is 1.36. The number of oxime groups is 1. The smallest absolute Gasteiger partial charge is 0.418 e. The second-order valence-electron chi connectivity index (χ2n) is 13.9. The number of carboxylic acid groups (broad SMARTS) is 1. The number of ether oxygens (including phenoxy) is 1. The average molecular weight is 789 g/mol. The summed E-state index contributed by atoms with van der Waals surface area (Å²) in [5.41, 5.74) is 17.6. The molecule has 1 aromatic carbocycles. The highest BCUT2D eigenvalue weighted by Gasteiger charge is 2.58. The monoisotopic (exact) mass is 788 g/mol. The quantitative estimate of drug-likeness (QED) is 0.0309. The van der Waals surface area contributed by atoms with Crippen molar-refractivity contribution in [2.45, 2.75) is 89.5 Å². The Kier molecular flexibility index (Phi) is 12.4. The number of hydrogen-bond acceptors (Lipinski definition) is 14. The summed E-state index contributed by atoms with van der Waals surface area (Å²) in [6.07, 6.45) is 4.99. The highest BCUT2D eigenvalue weighted by molar-refractivity contribution is 7.80. The fraction of sp³-hybridized carbons (Fsp3) is 0.486. The fourth-order valence-corrected chi connectivity index (χ4v) is 7.51. The molecule has 2 aliphatic rings. The van der Waals surface area contributed by atoms with Crippen molar-refractivity contribution >= 4 is 50.2 Å². The van der Waals surface area contributed by atoms with E-state index < -0.39 is 63.4 Å². The van der Waals surface area contributed by atoms with E-state index in [2.05, 4.69) is 37.3 Å². The number of ketones is 1. The molecule has 54 heavy (non-hydrogen) atoms. The van der Waals surface area contributed by atoms with Crippen LogP contribution in [-0.2, 0) is 53.3 Å². The molecule has 1 saturated heterocycles. The number of pyridine rings is 1. The van der Waals surface area contributed by atoms with Gasteiger partial charge in [0.1, 0.15) is 18.0 Å². The predicted molar refractivity (Wildman–Crippen MR) is 197 cm³/mol. The number of aliphatic carboxylic acids is 1. The summed E-state index contributed by atoms with van der Waals surface area (Å²) >= 11 is 1.00. The third-order valence-corrected chi connectivity index (χ3v) is 10.8. The lowest BCUT2D eigenvalue weighted by Crippen LogP contribution is -2.68. The number of nitrogens with two attached hydrogens (primary N) is 3. The number of hydrogen-bond donors (Lipinski definition) is 5. The van der Waals surface area contributed by atoms with Crippen molar-refractivity contribution in [2.24, 2.45) is 22.5 Å². The van der Waals surface area contributed by atoms with Crippen LogP contribution in [-0.4, -0.2) is 81.8 Å². The summed E-state index contributed by atoms with van der Waals surface area (Å²) < 4.78 is 44.4. The van der Waals surface area contributed by atoms with Gasteiger partial charge in [0.2, 0.25) is 0 Å². The van der Waals surface area contributed by atoms with Gasteiger partial charge in [0, 0.05) is 36.3 Å². The zero-order chi connectivity index (χ0) is 39.4. The number of unbranched alkanes of at least 4 members (excludes halogenated alkanes) is 1. The van der Waals surface area contributed by atoms with Crippen LogP contribution in [0.4, 0.5) is 5.13 Å². The number of nitrogens with zero attached hydrogens (tertiary/aromatic N) is 4. The number of benzene rings is 1. The van der Waals surface area contributed by atoms with Crippen LogP contribution in [0.25, 0.3) is 11.1 Å². The number of fused-ring (bicyclic) bond motifs is 1. The molecule has 17 nitrogen and oxygen atoms in total. The number of β-lactam (4-membered cyclic amide) rings is 1. The van der Waals surface area contributed by atoms with E-state index in [1.807, 2.05) is 12.1 Å². The lowest BCUT2D eigenvalue weighted by atomic mass is 9.74. The molecule has 0 radical (unpaired) electrons. The molecule has 0 aliphatic carbocycles. The first-order valence-corrected chi connectivity index (χ1v) is 19.7. The van der Waals surface area contributed by atoms with E-state index in [1.54, 1.807) is 6.07 Å². The zero-order valence-electron chi connectivity index (χ0n) is 30.3. The number of thiazole rings is 1. The molecule has 1 fully saturated rings. The van der Waals surface area contributed by atoms with Gasteiger partial charge in [0.05, 0.1) is 11.5 Å². The van der Waals surface area contributed by atoms with Crippen molar-refractivity contribution < 1.29 is 50.9 Å². The molecule has 0 spiro atoms. The SMILES string of the molecule is CC1(C)[C@H](CC(=O)/C(=N\O[C@](C)(C(=O)O)[C@H]2CCc3cc(-c4ccc(CCCCN)[n+](CCCN)c4)ccc3O2)c2csc(N)n2)C(=O)N1OS(=O)(=O)O. The van der Waals surface area contributed by atoms with Crippen LogP contribution in [0.2, 0.25) is 0 Å². The predicted octanol–water partition coefficient (Wildman–Crippen LogP) is 2.20. The van der Waals surface area contributed by atoms with Gasteiger partial charge in [-0.05, 0) is 88.9 Å². The molecule has 0 unspecified atom stereocenters. The molecule has 0 bridgehead atoms. The number of rotatable bonds is 18. The van der Waals surface area contributed by atoms with Crippen molar-refractivity contribution in [1.29, 1.82) is 0 Å². The van der Waals surface area contributed by atoms with Crippen molar-refractivity contribution in [2.75, 3.05) is 18.8 Å². The Morgan fingerprint density at radius 2 is 1.89 bits per heavy atom. The molecule has 292 valence electrons. The first-order chi connectivity index (χ1) is 25.5. The molecule has 3 atom stereocenters. The van der Waals surface area contributed by atoms with Crippen LogP contribution in [0.1, 0.15) is 69.8 Å². The van der Waals surface area contributed by atoms with Crippen molar-refractivity contribution in [3.63, 3.8) is 0 Å². The number of carbonyl (C=O) groups excluding carboxylic acids is 2. The van der Waals surface area contributed by atoms with Gasteiger partial charge in [-0.3, -0.25) is 14.1 Å². The molecular formula is C35H46N7O10S2+. The van der Waals surface area contributed by atoms with E-state index in [0.717, 1.165) is 60.3 Å². The van der Waals surface area contributed by atoms with Gasteiger partial charge >= 0.3 is 16.4 Å². The second kappa shape index (κ2) is 16.5. The molecule has 0 saturated carbocycles. The van der Waals surface area contributed by atoms with Gasteiger partial charge in [-0.25, -0.2) is 14.3 Å². The third-order valence-electron chi connectivity index (χ3n) is 9.78. The standard InChI is InChI=1S/C35H45N7O10S2/c1-34(2)25(31(44)42(34)52-54(47,48)49)18-27(43)30(26-20-53-33(38)39-26)40-51-35(3,32(45)46)29-13-10-22-17-21(9-12-28(22)50-29)23-8-11-24(7-4-5-14-36)41(19-23)16-6-15-37/h8-9,11-12,17,19-20,25,29H,4-7,10,13-16,18,36-37H2,1-3H3,(H3-,38,39,45,46,47,48,49)/p+1/b40-30-/t25-,29-,35+/m1/s1. The third kappa shape index (κ3) is 8.88. The van der Waals surface area contributed by atoms with Crippen LogP contribution >= 0.6 is 11.3 Å². The minimum atomic E-state index is -5.00. The fourth-order valence-electron chi connectivity index (χ4n) is 6.51. The van der Waals surface area contributed by atoms with Crippen LogP contribution in [0, 0.1) is 5.92 Å². The van der Waals surface area contributed by atoms with Crippen molar-refractivity contribution in [3.05, 3.63) is 58.9 Å². The number of anilines is 1. The van der Waals surface area contributed by atoms with Gasteiger partial charge in [-0.1, -0.05) is 11.2 Å². The summed E-state index contributed by atoms with van der Waals surface area (Å²) in [5.74, 6) is -3.64. The molecular weight excluding hydrogens is 743 g/mol. The maximum absolute atomic E-state index is 13.7.